The molecule has 0 saturated heterocycles. The SMILES string of the molecule is Cc1ccc(-c2nncn2CC(C)C)cc1C. The van der Waals surface area contributed by atoms with Gasteiger partial charge in [-0.2, -0.15) is 0 Å². The maximum absolute atomic E-state index is 4.22. The van der Waals surface area contributed by atoms with Crippen molar-refractivity contribution >= 4 is 0 Å². The number of aromatic nitrogens is 3. The number of aryl methyl sites for hydroxylation is 2. The van der Waals surface area contributed by atoms with Gasteiger partial charge in [-0.3, -0.25) is 0 Å². The summed E-state index contributed by atoms with van der Waals surface area (Å²) >= 11 is 0. The lowest BCUT2D eigenvalue weighted by atomic mass is 10.1. The zero-order valence-electron chi connectivity index (χ0n) is 10.9. The molecule has 0 aliphatic carbocycles. The Bertz CT molecular complexity index is 512. The molecule has 2 aromatic rings. The average molecular weight is 229 g/mol. The van der Waals surface area contributed by atoms with Crippen LogP contribution in [-0.4, -0.2) is 14.8 Å². The van der Waals surface area contributed by atoms with Crippen molar-refractivity contribution in [2.45, 2.75) is 34.2 Å². The summed E-state index contributed by atoms with van der Waals surface area (Å²) in [5, 5.41) is 8.24. The molecule has 0 fully saturated rings. The third-order valence-corrected chi connectivity index (χ3v) is 2.94. The maximum Gasteiger partial charge on any atom is 0.163 e. The summed E-state index contributed by atoms with van der Waals surface area (Å²) in [6, 6.07) is 6.43. The van der Waals surface area contributed by atoms with Gasteiger partial charge in [0.25, 0.3) is 0 Å². The average Bonchev–Trinajstić information content (AvgIpc) is 2.69. The summed E-state index contributed by atoms with van der Waals surface area (Å²) in [6.07, 6.45) is 1.81. The first-order valence-electron chi connectivity index (χ1n) is 6.03. The minimum atomic E-state index is 0.594. The van der Waals surface area contributed by atoms with Crippen molar-refractivity contribution in [3.8, 4) is 11.4 Å². The van der Waals surface area contributed by atoms with Crippen molar-refractivity contribution in [2.24, 2.45) is 5.92 Å². The van der Waals surface area contributed by atoms with Crippen molar-refractivity contribution < 1.29 is 0 Å². The Morgan fingerprint density at radius 2 is 1.94 bits per heavy atom. The normalized spacial score (nSPS) is 11.1. The van der Waals surface area contributed by atoms with Crippen molar-refractivity contribution in [1.29, 1.82) is 0 Å². The van der Waals surface area contributed by atoms with E-state index in [1.54, 1.807) is 0 Å². The van der Waals surface area contributed by atoms with Gasteiger partial charge >= 0.3 is 0 Å². The molecule has 3 nitrogen and oxygen atoms in total. The van der Waals surface area contributed by atoms with Crippen molar-refractivity contribution in [3.05, 3.63) is 35.7 Å². The van der Waals surface area contributed by atoms with E-state index in [4.69, 9.17) is 0 Å². The maximum atomic E-state index is 4.22. The number of benzene rings is 1. The lowest BCUT2D eigenvalue weighted by Gasteiger charge is -2.10. The van der Waals surface area contributed by atoms with Gasteiger partial charge in [0.1, 0.15) is 6.33 Å². The highest BCUT2D eigenvalue weighted by Gasteiger charge is 2.09. The van der Waals surface area contributed by atoms with Gasteiger partial charge in [0.2, 0.25) is 0 Å². The van der Waals surface area contributed by atoms with E-state index >= 15 is 0 Å². The zero-order chi connectivity index (χ0) is 12.4. The quantitative estimate of drug-likeness (QED) is 0.809. The summed E-state index contributed by atoms with van der Waals surface area (Å²) in [6.45, 7) is 9.60. The van der Waals surface area contributed by atoms with Crippen LogP contribution in [0.4, 0.5) is 0 Å². The summed E-state index contributed by atoms with van der Waals surface area (Å²) in [4.78, 5) is 0. The Kier molecular flexibility index (Phi) is 3.27. The molecule has 1 aromatic carbocycles. The number of hydrogen-bond donors (Lipinski definition) is 0. The molecule has 0 N–H and O–H groups in total. The molecule has 90 valence electrons. The van der Waals surface area contributed by atoms with Crippen LogP contribution in [0.5, 0.6) is 0 Å². The third-order valence-electron chi connectivity index (χ3n) is 2.94. The largest absolute Gasteiger partial charge is 0.313 e. The van der Waals surface area contributed by atoms with E-state index in [0.717, 1.165) is 17.9 Å². The molecule has 0 unspecified atom stereocenters. The molecule has 3 heteroatoms. The van der Waals surface area contributed by atoms with Gasteiger partial charge in [0.15, 0.2) is 5.82 Å². The van der Waals surface area contributed by atoms with Crippen molar-refractivity contribution in [3.63, 3.8) is 0 Å². The van der Waals surface area contributed by atoms with Crippen LogP contribution in [0.25, 0.3) is 11.4 Å². The molecule has 0 spiro atoms. The van der Waals surface area contributed by atoms with Crippen LogP contribution in [0.1, 0.15) is 25.0 Å². The molecule has 0 atom stereocenters. The number of rotatable bonds is 3. The molecule has 1 heterocycles. The van der Waals surface area contributed by atoms with E-state index in [-0.39, 0.29) is 0 Å². The van der Waals surface area contributed by atoms with Crippen LogP contribution in [0, 0.1) is 19.8 Å². The second kappa shape index (κ2) is 4.70. The smallest absolute Gasteiger partial charge is 0.163 e. The molecule has 0 radical (unpaired) electrons. The topological polar surface area (TPSA) is 30.7 Å². The van der Waals surface area contributed by atoms with Gasteiger partial charge in [-0.25, -0.2) is 0 Å². The number of hydrogen-bond acceptors (Lipinski definition) is 2. The van der Waals surface area contributed by atoms with E-state index in [1.165, 1.54) is 11.1 Å². The molecule has 2 rings (SSSR count). The molecule has 0 amide bonds. The first kappa shape index (κ1) is 11.8. The minimum absolute atomic E-state index is 0.594. The lowest BCUT2D eigenvalue weighted by molar-refractivity contribution is 0.525. The monoisotopic (exact) mass is 229 g/mol. The summed E-state index contributed by atoms with van der Waals surface area (Å²) in [5.41, 5.74) is 3.75. The first-order valence-corrected chi connectivity index (χ1v) is 6.03. The zero-order valence-corrected chi connectivity index (χ0v) is 10.9. The van der Waals surface area contributed by atoms with Gasteiger partial charge in [-0.1, -0.05) is 26.0 Å². The van der Waals surface area contributed by atoms with Gasteiger partial charge in [-0.15, -0.1) is 10.2 Å². The van der Waals surface area contributed by atoms with Gasteiger partial charge in [-0.05, 0) is 37.0 Å². The fourth-order valence-electron chi connectivity index (χ4n) is 1.89. The van der Waals surface area contributed by atoms with Gasteiger partial charge in [0.05, 0.1) is 0 Å². The van der Waals surface area contributed by atoms with Crippen LogP contribution < -0.4 is 0 Å². The Morgan fingerprint density at radius 3 is 2.59 bits per heavy atom. The Hall–Kier alpha value is -1.64. The molecule has 0 aliphatic rings. The number of nitrogens with zero attached hydrogens (tertiary/aromatic N) is 3. The molecule has 1 aromatic heterocycles. The van der Waals surface area contributed by atoms with E-state index < -0.39 is 0 Å². The van der Waals surface area contributed by atoms with E-state index in [9.17, 15) is 0 Å². The fraction of sp³-hybridized carbons (Fsp3) is 0.429. The van der Waals surface area contributed by atoms with Gasteiger partial charge in [0, 0.05) is 12.1 Å². The third kappa shape index (κ3) is 2.54. The van der Waals surface area contributed by atoms with Crippen LogP contribution in [0.2, 0.25) is 0 Å². The molecule has 0 aliphatic heterocycles. The highest BCUT2D eigenvalue weighted by atomic mass is 15.3. The fourth-order valence-corrected chi connectivity index (χ4v) is 1.89. The molecule has 0 bridgehead atoms. The molecular weight excluding hydrogens is 210 g/mol. The summed E-state index contributed by atoms with van der Waals surface area (Å²) in [7, 11) is 0. The van der Waals surface area contributed by atoms with Gasteiger partial charge < -0.3 is 4.57 Å². The predicted molar refractivity (Wildman–Crippen MR) is 69.8 cm³/mol. The Morgan fingerprint density at radius 1 is 1.18 bits per heavy atom. The van der Waals surface area contributed by atoms with Crippen LogP contribution in [0.15, 0.2) is 24.5 Å². The van der Waals surface area contributed by atoms with E-state index in [1.807, 2.05) is 6.33 Å². The highest BCUT2D eigenvalue weighted by molar-refractivity contribution is 5.57. The lowest BCUT2D eigenvalue weighted by Crippen LogP contribution is -2.05. The van der Waals surface area contributed by atoms with Crippen molar-refractivity contribution in [1.82, 2.24) is 14.8 Å². The molecule has 17 heavy (non-hydrogen) atoms. The predicted octanol–water partition coefficient (Wildman–Crippen LogP) is 3.22. The van der Waals surface area contributed by atoms with Crippen LogP contribution >= 0.6 is 0 Å². The first-order chi connectivity index (χ1) is 8.08. The Labute approximate surface area is 103 Å². The van der Waals surface area contributed by atoms with E-state index in [2.05, 4.69) is 60.7 Å². The highest BCUT2D eigenvalue weighted by Crippen LogP contribution is 2.20. The van der Waals surface area contributed by atoms with Crippen LogP contribution in [-0.2, 0) is 6.54 Å². The standard InChI is InChI=1S/C14H19N3/c1-10(2)8-17-9-15-16-14(17)13-6-5-11(3)12(4)7-13/h5-7,9-10H,8H2,1-4H3. The second-order valence-corrected chi connectivity index (χ2v) is 5.00. The molecule has 0 saturated carbocycles. The Balaban J connectivity index is 2.39. The summed E-state index contributed by atoms with van der Waals surface area (Å²) < 4.78 is 2.12. The van der Waals surface area contributed by atoms with E-state index in [0.29, 0.717) is 5.92 Å². The molecular formula is C14H19N3. The minimum Gasteiger partial charge on any atom is -0.313 e. The summed E-state index contributed by atoms with van der Waals surface area (Å²) in [5.74, 6) is 1.55. The van der Waals surface area contributed by atoms with Crippen LogP contribution in [0.3, 0.4) is 0 Å². The second-order valence-electron chi connectivity index (χ2n) is 5.00. The van der Waals surface area contributed by atoms with Crippen molar-refractivity contribution in [2.75, 3.05) is 0 Å².